The van der Waals surface area contributed by atoms with Gasteiger partial charge >= 0.3 is 0 Å². The minimum absolute atomic E-state index is 0.287. The van der Waals surface area contributed by atoms with E-state index in [1.54, 1.807) is 0 Å². The van der Waals surface area contributed by atoms with Crippen LogP contribution in [0.4, 0.5) is 10.1 Å². The van der Waals surface area contributed by atoms with Crippen molar-refractivity contribution in [3.63, 3.8) is 0 Å². The molecule has 1 N–H and O–H groups in total. The molecule has 0 aliphatic heterocycles. The van der Waals surface area contributed by atoms with Crippen LogP contribution >= 0.6 is 0 Å². The Kier molecular flexibility index (Phi) is 4.15. The molecule has 1 amide bonds. The van der Waals surface area contributed by atoms with E-state index in [1.807, 2.05) is 54.7 Å². The molecule has 126 valence electrons. The first kappa shape index (κ1) is 16.0. The molecule has 0 atom stereocenters. The number of carbonyl (C=O) groups excluding carboxylic acids is 1. The molecule has 0 spiro atoms. The van der Waals surface area contributed by atoms with Crippen LogP contribution in [0.3, 0.4) is 0 Å². The van der Waals surface area contributed by atoms with Crippen molar-refractivity contribution in [3.05, 3.63) is 96.4 Å². The quantitative estimate of drug-likeness (QED) is 0.549. The Morgan fingerprint density at radius 3 is 2.38 bits per heavy atom. The first-order valence-electron chi connectivity index (χ1n) is 8.21. The summed E-state index contributed by atoms with van der Waals surface area (Å²) in [7, 11) is 0. The number of benzene rings is 3. The summed E-state index contributed by atoms with van der Waals surface area (Å²) in [5.74, 6) is -0.657. The van der Waals surface area contributed by atoms with Gasteiger partial charge in [0.1, 0.15) is 5.82 Å². The molecular weight excluding hydrogens is 327 g/mol. The molecule has 0 fully saturated rings. The van der Waals surface area contributed by atoms with Gasteiger partial charge in [-0.2, -0.15) is 0 Å². The number of fused-ring (bicyclic) bond motifs is 1. The zero-order valence-corrected chi connectivity index (χ0v) is 13.8. The average Bonchev–Trinajstić information content (AvgIpc) is 2.69. The number of pyridine rings is 1. The van der Waals surface area contributed by atoms with Crippen LogP contribution in [0.15, 0.2) is 85.1 Å². The van der Waals surface area contributed by atoms with Gasteiger partial charge in [0.25, 0.3) is 5.91 Å². The first-order valence-corrected chi connectivity index (χ1v) is 8.21. The molecule has 0 saturated heterocycles. The Labute approximate surface area is 150 Å². The highest BCUT2D eigenvalue weighted by molar-refractivity contribution is 6.05. The van der Waals surface area contributed by atoms with Crippen molar-refractivity contribution in [2.45, 2.75) is 0 Å². The normalized spacial score (nSPS) is 10.7. The third-order valence-corrected chi connectivity index (χ3v) is 4.16. The Bertz CT molecular complexity index is 1080. The molecule has 1 aromatic heterocycles. The van der Waals surface area contributed by atoms with Crippen molar-refractivity contribution in [1.29, 1.82) is 0 Å². The Morgan fingerprint density at radius 2 is 1.62 bits per heavy atom. The van der Waals surface area contributed by atoms with E-state index in [-0.39, 0.29) is 11.7 Å². The van der Waals surface area contributed by atoms with E-state index >= 15 is 0 Å². The topological polar surface area (TPSA) is 42.0 Å². The average molecular weight is 342 g/mol. The molecule has 26 heavy (non-hydrogen) atoms. The molecule has 4 heteroatoms. The number of halogens is 1. The Morgan fingerprint density at radius 1 is 0.846 bits per heavy atom. The Hall–Kier alpha value is -3.53. The summed E-state index contributed by atoms with van der Waals surface area (Å²) in [6.07, 6.45) is 1.82. The van der Waals surface area contributed by atoms with Crippen LogP contribution in [0.5, 0.6) is 0 Å². The lowest BCUT2D eigenvalue weighted by molar-refractivity contribution is 0.102. The standard InChI is InChI=1S/C22H15FN2O/c23-19-9-6-16(7-10-19)22(26)25-20-11-8-17-12-18(14-24-21(17)13-20)15-4-2-1-3-5-15/h1-14H,(H,25,26). The molecule has 0 unspecified atom stereocenters. The van der Waals surface area contributed by atoms with Gasteiger partial charge in [-0.1, -0.05) is 36.4 Å². The van der Waals surface area contributed by atoms with Crippen LogP contribution in [0, 0.1) is 5.82 Å². The monoisotopic (exact) mass is 342 g/mol. The maximum absolute atomic E-state index is 13.0. The van der Waals surface area contributed by atoms with E-state index in [2.05, 4.69) is 16.4 Å². The molecular formula is C22H15FN2O. The molecule has 0 aliphatic carbocycles. The van der Waals surface area contributed by atoms with Gasteiger partial charge in [-0.15, -0.1) is 0 Å². The predicted molar refractivity (Wildman–Crippen MR) is 102 cm³/mol. The number of nitrogens with zero attached hydrogens (tertiary/aromatic N) is 1. The second kappa shape index (κ2) is 6.76. The molecule has 4 aromatic rings. The molecule has 1 heterocycles. The lowest BCUT2D eigenvalue weighted by Gasteiger charge is -2.08. The van der Waals surface area contributed by atoms with Gasteiger partial charge in [-0.3, -0.25) is 9.78 Å². The van der Waals surface area contributed by atoms with Gasteiger partial charge in [0.05, 0.1) is 5.52 Å². The second-order valence-corrected chi connectivity index (χ2v) is 5.96. The summed E-state index contributed by atoms with van der Waals surface area (Å²) in [4.78, 5) is 16.8. The maximum atomic E-state index is 13.0. The van der Waals surface area contributed by atoms with Crippen LogP contribution in [0.1, 0.15) is 10.4 Å². The van der Waals surface area contributed by atoms with E-state index in [0.29, 0.717) is 11.3 Å². The summed E-state index contributed by atoms with van der Waals surface area (Å²) in [6, 6.07) is 23.1. The SMILES string of the molecule is O=C(Nc1ccc2cc(-c3ccccc3)cnc2c1)c1ccc(F)cc1. The largest absolute Gasteiger partial charge is 0.322 e. The van der Waals surface area contributed by atoms with Gasteiger partial charge in [0, 0.05) is 28.4 Å². The number of anilines is 1. The smallest absolute Gasteiger partial charge is 0.255 e. The fourth-order valence-electron chi connectivity index (χ4n) is 2.79. The number of hydrogen-bond acceptors (Lipinski definition) is 2. The fraction of sp³-hybridized carbons (Fsp3) is 0. The second-order valence-electron chi connectivity index (χ2n) is 5.96. The maximum Gasteiger partial charge on any atom is 0.255 e. The molecule has 4 rings (SSSR count). The summed E-state index contributed by atoms with van der Waals surface area (Å²) in [5, 5.41) is 3.81. The van der Waals surface area contributed by atoms with Crippen LogP contribution < -0.4 is 5.32 Å². The van der Waals surface area contributed by atoms with E-state index < -0.39 is 0 Å². The molecule has 3 nitrogen and oxygen atoms in total. The van der Waals surface area contributed by atoms with Crippen LogP contribution in [-0.2, 0) is 0 Å². The van der Waals surface area contributed by atoms with Crippen molar-refractivity contribution < 1.29 is 9.18 Å². The van der Waals surface area contributed by atoms with Crippen molar-refractivity contribution in [3.8, 4) is 11.1 Å². The lowest BCUT2D eigenvalue weighted by Crippen LogP contribution is -2.11. The Balaban J connectivity index is 1.60. The van der Waals surface area contributed by atoms with Gasteiger partial charge in [0.15, 0.2) is 0 Å². The minimum Gasteiger partial charge on any atom is -0.322 e. The first-order chi connectivity index (χ1) is 12.7. The molecule has 3 aromatic carbocycles. The number of aromatic nitrogens is 1. The fourth-order valence-corrected chi connectivity index (χ4v) is 2.79. The van der Waals surface area contributed by atoms with Gasteiger partial charge in [0.2, 0.25) is 0 Å². The summed E-state index contributed by atoms with van der Waals surface area (Å²) in [5.41, 5.74) is 3.99. The predicted octanol–water partition coefficient (Wildman–Crippen LogP) is 5.29. The van der Waals surface area contributed by atoms with Crippen molar-refractivity contribution in [2.75, 3.05) is 5.32 Å². The highest BCUT2D eigenvalue weighted by atomic mass is 19.1. The highest BCUT2D eigenvalue weighted by Crippen LogP contribution is 2.24. The molecule has 0 bridgehead atoms. The van der Waals surface area contributed by atoms with Gasteiger partial charge in [-0.05, 0) is 48.0 Å². The van der Waals surface area contributed by atoms with Crippen LogP contribution in [0.25, 0.3) is 22.0 Å². The molecule has 0 aliphatic rings. The lowest BCUT2D eigenvalue weighted by atomic mass is 10.1. The number of hydrogen-bond donors (Lipinski definition) is 1. The van der Waals surface area contributed by atoms with Gasteiger partial charge < -0.3 is 5.32 Å². The third-order valence-electron chi connectivity index (χ3n) is 4.16. The summed E-state index contributed by atoms with van der Waals surface area (Å²) in [6.45, 7) is 0. The molecule has 0 saturated carbocycles. The van der Waals surface area contributed by atoms with E-state index in [0.717, 1.165) is 22.0 Å². The number of amides is 1. The summed E-state index contributed by atoms with van der Waals surface area (Å²) >= 11 is 0. The number of rotatable bonds is 3. The zero-order chi connectivity index (χ0) is 17.9. The van der Waals surface area contributed by atoms with E-state index in [4.69, 9.17) is 0 Å². The minimum atomic E-state index is -0.370. The zero-order valence-electron chi connectivity index (χ0n) is 13.8. The van der Waals surface area contributed by atoms with Crippen LogP contribution in [0.2, 0.25) is 0 Å². The van der Waals surface area contributed by atoms with E-state index in [9.17, 15) is 9.18 Å². The van der Waals surface area contributed by atoms with Crippen molar-refractivity contribution >= 4 is 22.5 Å². The summed E-state index contributed by atoms with van der Waals surface area (Å²) < 4.78 is 13.0. The highest BCUT2D eigenvalue weighted by Gasteiger charge is 2.07. The number of nitrogens with one attached hydrogen (secondary N) is 1. The third kappa shape index (κ3) is 3.30. The van der Waals surface area contributed by atoms with Crippen LogP contribution in [-0.4, -0.2) is 10.9 Å². The van der Waals surface area contributed by atoms with E-state index in [1.165, 1.54) is 24.3 Å². The van der Waals surface area contributed by atoms with Gasteiger partial charge in [-0.25, -0.2) is 4.39 Å². The molecule has 0 radical (unpaired) electrons. The van der Waals surface area contributed by atoms with Crippen molar-refractivity contribution in [1.82, 2.24) is 4.98 Å². The number of carbonyl (C=O) groups is 1. The van der Waals surface area contributed by atoms with Crippen molar-refractivity contribution in [2.24, 2.45) is 0 Å².